The van der Waals surface area contributed by atoms with Crippen LogP contribution in [0.15, 0.2) is 54.6 Å². The molecule has 0 N–H and O–H groups in total. The van der Waals surface area contributed by atoms with Gasteiger partial charge in [0.2, 0.25) is 0 Å². The van der Waals surface area contributed by atoms with Gasteiger partial charge in [0, 0.05) is 38.1 Å². The molecule has 2 aromatic carbocycles. The van der Waals surface area contributed by atoms with Crippen LogP contribution in [0.1, 0.15) is 17.0 Å². The third-order valence-corrected chi connectivity index (χ3v) is 4.45. The van der Waals surface area contributed by atoms with E-state index in [1.165, 1.54) is 16.7 Å². The van der Waals surface area contributed by atoms with Gasteiger partial charge >= 0.3 is 0 Å². The van der Waals surface area contributed by atoms with Crippen LogP contribution in [-0.4, -0.2) is 14.2 Å². The minimum Gasteiger partial charge on any atom is -0.497 e. The van der Waals surface area contributed by atoms with Gasteiger partial charge in [-0.3, -0.25) is 0 Å². The first kappa shape index (κ1) is 17.0. The number of methoxy groups -OCH3 is 2. The van der Waals surface area contributed by atoms with Crippen molar-refractivity contribution in [2.24, 2.45) is 0 Å². The summed E-state index contributed by atoms with van der Waals surface area (Å²) in [7, 11) is 3.35. The van der Waals surface area contributed by atoms with Gasteiger partial charge < -0.3 is 9.47 Å². The molecule has 0 atom stereocenters. The summed E-state index contributed by atoms with van der Waals surface area (Å²) in [5, 5.41) is 0. The summed E-state index contributed by atoms with van der Waals surface area (Å²) in [5.41, 5.74) is 7.03. The van der Waals surface area contributed by atoms with Gasteiger partial charge in [-0.15, -0.1) is 0 Å². The zero-order valence-electron chi connectivity index (χ0n) is 15.5. The van der Waals surface area contributed by atoms with Crippen LogP contribution in [0.4, 0.5) is 0 Å². The number of hydrogen-bond acceptors (Lipinski definition) is 2. The molecule has 0 spiro atoms. The molecule has 128 valence electrons. The second-order valence-corrected chi connectivity index (χ2v) is 6.27. The zero-order chi connectivity index (χ0) is 18.0. The maximum Gasteiger partial charge on any atom is 0.253 e. The summed E-state index contributed by atoms with van der Waals surface area (Å²) in [5.74, 6) is 1.58. The van der Waals surface area contributed by atoms with Crippen LogP contribution in [0.3, 0.4) is 0 Å². The molecule has 3 rings (SSSR count). The first-order chi connectivity index (χ1) is 12.0. The summed E-state index contributed by atoms with van der Waals surface area (Å²) >= 11 is 0. The topological polar surface area (TPSA) is 22.3 Å². The summed E-state index contributed by atoms with van der Waals surface area (Å²) < 4.78 is 13.1. The lowest BCUT2D eigenvalue weighted by Crippen LogP contribution is -2.38. The molecule has 0 fully saturated rings. The van der Waals surface area contributed by atoms with Gasteiger partial charge in [0.1, 0.15) is 5.75 Å². The molecule has 0 bridgehead atoms. The van der Waals surface area contributed by atoms with E-state index >= 15 is 0 Å². The highest BCUT2D eigenvalue weighted by atomic mass is 16.5. The number of aromatic nitrogens is 1. The number of ether oxygens (including phenoxy) is 2. The SMILES string of the molecule is COc1ccc(-[n+]2c(C)cc(-c3ccc(C)cc3)cc2C)c(OC)c1. The average Bonchev–Trinajstić information content (AvgIpc) is 2.61. The molecular formula is C22H24NO2+. The zero-order valence-corrected chi connectivity index (χ0v) is 15.5. The van der Waals surface area contributed by atoms with Crippen molar-refractivity contribution < 1.29 is 14.0 Å². The Morgan fingerprint density at radius 1 is 0.680 bits per heavy atom. The van der Waals surface area contributed by atoms with E-state index in [0.717, 1.165) is 28.6 Å². The van der Waals surface area contributed by atoms with Crippen molar-refractivity contribution in [1.29, 1.82) is 0 Å². The molecule has 1 aromatic heterocycles. The molecular weight excluding hydrogens is 310 g/mol. The van der Waals surface area contributed by atoms with Crippen LogP contribution in [0.25, 0.3) is 16.8 Å². The standard InChI is InChI=1S/C22H24NO2/c1-15-6-8-18(9-7-15)19-12-16(2)23(17(3)13-19)21-11-10-20(24-4)14-22(21)25-5/h6-14H,1-5H3/q+1. The Kier molecular flexibility index (Phi) is 4.75. The molecule has 0 saturated carbocycles. The molecule has 0 unspecified atom stereocenters. The van der Waals surface area contributed by atoms with Crippen molar-refractivity contribution in [3.05, 3.63) is 71.5 Å². The first-order valence-electron chi connectivity index (χ1n) is 8.36. The van der Waals surface area contributed by atoms with Gasteiger partial charge in [-0.2, -0.15) is 4.57 Å². The maximum atomic E-state index is 5.58. The molecule has 25 heavy (non-hydrogen) atoms. The average molecular weight is 334 g/mol. The summed E-state index contributed by atoms with van der Waals surface area (Å²) in [6, 6.07) is 18.9. The molecule has 0 amide bonds. The Balaban J connectivity index is 2.11. The van der Waals surface area contributed by atoms with Gasteiger partial charge in [0.25, 0.3) is 5.69 Å². The Morgan fingerprint density at radius 3 is 1.88 bits per heavy atom. The van der Waals surface area contributed by atoms with Crippen LogP contribution < -0.4 is 14.0 Å². The fourth-order valence-corrected chi connectivity index (χ4v) is 3.16. The van der Waals surface area contributed by atoms with Crippen molar-refractivity contribution in [3.8, 4) is 28.3 Å². The summed E-state index contributed by atoms with van der Waals surface area (Å²) in [4.78, 5) is 0. The van der Waals surface area contributed by atoms with E-state index in [1.807, 2.05) is 18.2 Å². The second-order valence-electron chi connectivity index (χ2n) is 6.27. The molecule has 1 heterocycles. The minimum atomic E-state index is 0.785. The summed E-state index contributed by atoms with van der Waals surface area (Å²) in [6.45, 7) is 6.35. The van der Waals surface area contributed by atoms with E-state index in [1.54, 1.807) is 14.2 Å². The highest BCUT2D eigenvalue weighted by Crippen LogP contribution is 2.27. The Labute approximate surface area is 149 Å². The van der Waals surface area contributed by atoms with E-state index in [0.29, 0.717) is 0 Å². The highest BCUT2D eigenvalue weighted by Gasteiger charge is 2.21. The molecule has 0 aliphatic carbocycles. The van der Waals surface area contributed by atoms with Crippen LogP contribution >= 0.6 is 0 Å². The molecule has 0 saturated heterocycles. The van der Waals surface area contributed by atoms with Crippen LogP contribution in [-0.2, 0) is 0 Å². The Morgan fingerprint density at radius 2 is 1.32 bits per heavy atom. The third-order valence-electron chi connectivity index (χ3n) is 4.45. The molecule has 3 nitrogen and oxygen atoms in total. The van der Waals surface area contributed by atoms with Gasteiger partial charge in [0.15, 0.2) is 17.1 Å². The van der Waals surface area contributed by atoms with Crippen molar-refractivity contribution in [1.82, 2.24) is 0 Å². The van der Waals surface area contributed by atoms with Gasteiger partial charge in [-0.1, -0.05) is 29.8 Å². The number of nitrogens with zero attached hydrogens (tertiary/aromatic N) is 1. The van der Waals surface area contributed by atoms with E-state index in [4.69, 9.17) is 9.47 Å². The van der Waals surface area contributed by atoms with Crippen LogP contribution in [0, 0.1) is 20.8 Å². The van der Waals surface area contributed by atoms with E-state index in [9.17, 15) is 0 Å². The number of rotatable bonds is 4. The van der Waals surface area contributed by atoms with Crippen LogP contribution in [0.2, 0.25) is 0 Å². The molecule has 3 aromatic rings. The highest BCUT2D eigenvalue weighted by molar-refractivity contribution is 5.64. The maximum absolute atomic E-state index is 5.58. The molecule has 0 aliphatic rings. The van der Waals surface area contributed by atoms with Gasteiger partial charge in [0.05, 0.1) is 14.2 Å². The Hall–Kier alpha value is -2.81. The lowest BCUT2D eigenvalue weighted by atomic mass is 10.0. The fraction of sp³-hybridized carbons (Fsp3) is 0.227. The quantitative estimate of drug-likeness (QED) is 0.652. The summed E-state index contributed by atoms with van der Waals surface area (Å²) in [6.07, 6.45) is 0. The predicted molar refractivity (Wildman–Crippen MR) is 101 cm³/mol. The van der Waals surface area contributed by atoms with Gasteiger partial charge in [-0.05, 0) is 24.1 Å². The van der Waals surface area contributed by atoms with E-state index < -0.39 is 0 Å². The molecule has 0 aliphatic heterocycles. The van der Waals surface area contributed by atoms with Crippen LogP contribution in [0.5, 0.6) is 11.5 Å². The van der Waals surface area contributed by atoms with Crippen molar-refractivity contribution in [2.45, 2.75) is 20.8 Å². The normalized spacial score (nSPS) is 10.6. The number of pyridine rings is 1. The first-order valence-corrected chi connectivity index (χ1v) is 8.36. The van der Waals surface area contributed by atoms with Crippen molar-refractivity contribution in [3.63, 3.8) is 0 Å². The van der Waals surface area contributed by atoms with Crippen molar-refractivity contribution in [2.75, 3.05) is 14.2 Å². The number of benzene rings is 2. The second kappa shape index (κ2) is 6.98. The monoisotopic (exact) mass is 334 g/mol. The lowest BCUT2D eigenvalue weighted by Gasteiger charge is -2.11. The molecule has 0 radical (unpaired) electrons. The smallest absolute Gasteiger partial charge is 0.253 e. The number of hydrogen-bond donors (Lipinski definition) is 0. The third kappa shape index (κ3) is 3.36. The number of aryl methyl sites for hydroxylation is 3. The minimum absolute atomic E-state index is 0.785. The van der Waals surface area contributed by atoms with Crippen molar-refractivity contribution >= 4 is 0 Å². The van der Waals surface area contributed by atoms with E-state index in [-0.39, 0.29) is 0 Å². The largest absolute Gasteiger partial charge is 0.497 e. The van der Waals surface area contributed by atoms with E-state index in [2.05, 4.69) is 61.7 Å². The molecule has 3 heteroatoms. The Bertz CT molecular complexity index is 875. The predicted octanol–water partition coefficient (Wildman–Crippen LogP) is 4.57. The lowest BCUT2D eigenvalue weighted by molar-refractivity contribution is -0.609. The fourth-order valence-electron chi connectivity index (χ4n) is 3.16. The van der Waals surface area contributed by atoms with Gasteiger partial charge in [-0.25, -0.2) is 0 Å².